The molecule has 0 aliphatic carbocycles. The lowest BCUT2D eigenvalue weighted by Gasteiger charge is -1.96. The van der Waals surface area contributed by atoms with E-state index in [0.717, 1.165) is 0 Å². The van der Waals surface area contributed by atoms with E-state index in [2.05, 4.69) is 4.99 Å². The molecule has 1 aliphatic rings. The molecule has 0 aromatic heterocycles. The normalized spacial score (nSPS) is 14.4. The van der Waals surface area contributed by atoms with Crippen LogP contribution in [0.3, 0.4) is 0 Å². The molecule has 0 fully saturated rings. The molecule has 1 aliphatic heterocycles. The van der Waals surface area contributed by atoms with Gasteiger partial charge in [-0.2, -0.15) is 4.99 Å². The maximum atomic E-state index is 11.1. The number of hydrogen-bond acceptors (Lipinski definition) is 2. The number of halogens is 1. The number of fused-ring (bicyclic) bond motifs is 1. The van der Waals surface area contributed by atoms with Gasteiger partial charge in [0.1, 0.15) is 5.84 Å². The van der Waals surface area contributed by atoms with Crippen molar-refractivity contribution in [1.82, 2.24) is 0 Å². The van der Waals surface area contributed by atoms with Gasteiger partial charge < -0.3 is 5.73 Å². The highest BCUT2D eigenvalue weighted by atomic mass is 35.5. The zero-order valence-corrected chi connectivity index (χ0v) is 6.80. The third-order valence-corrected chi connectivity index (χ3v) is 1.95. The Balaban J connectivity index is 2.68. The maximum Gasteiger partial charge on any atom is 0.279 e. The summed E-state index contributed by atoms with van der Waals surface area (Å²) in [5.74, 6) is -0.0448. The Labute approximate surface area is 73.9 Å². The van der Waals surface area contributed by atoms with Crippen LogP contribution in [0.1, 0.15) is 15.9 Å². The fourth-order valence-corrected chi connectivity index (χ4v) is 1.32. The van der Waals surface area contributed by atoms with Crippen LogP contribution in [-0.4, -0.2) is 11.7 Å². The van der Waals surface area contributed by atoms with Crippen molar-refractivity contribution in [1.29, 1.82) is 0 Å². The zero-order chi connectivity index (χ0) is 8.72. The summed E-state index contributed by atoms with van der Waals surface area (Å²) < 4.78 is 0. The van der Waals surface area contributed by atoms with Gasteiger partial charge in [0, 0.05) is 10.6 Å². The summed E-state index contributed by atoms with van der Waals surface area (Å²) in [4.78, 5) is 14.7. The Hall–Kier alpha value is -1.35. The Kier molecular flexibility index (Phi) is 1.41. The predicted molar refractivity (Wildman–Crippen MR) is 46.5 cm³/mol. The zero-order valence-electron chi connectivity index (χ0n) is 6.04. The number of hydrogen-bond donors (Lipinski definition) is 1. The summed E-state index contributed by atoms with van der Waals surface area (Å²) in [5, 5.41) is 0.520. The van der Waals surface area contributed by atoms with Gasteiger partial charge in [-0.3, -0.25) is 4.79 Å². The van der Waals surface area contributed by atoms with Crippen LogP contribution in [0.2, 0.25) is 5.02 Å². The lowest BCUT2D eigenvalue weighted by Crippen LogP contribution is -2.09. The highest BCUT2D eigenvalue weighted by Gasteiger charge is 2.20. The quantitative estimate of drug-likeness (QED) is 0.652. The number of nitrogens with zero attached hydrogens (tertiary/aromatic N) is 1. The molecule has 0 radical (unpaired) electrons. The van der Waals surface area contributed by atoms with Crippen LogP contribution >= 0.6 is 11.6 Å². The van der Waals surface area contributed by atoms with E-state index >= 15 is 0 Å². The van der Waals surface area contributed by atoms with Crippen molar-refractivity contribution >= 4 is 23.3 Å². The van der Waals surface area contributed by atoms with Gasteiger partial charge in [0.05, 0.1) is 5.56 Å². The fraction of sp³-hybridized carbons (Fsp3) is 0. The summed E-state index contributed by atoms with van der Waals surface area (Å²) in [7, 11) is 0. The van der Waals surface area contributed by atoms with Crippen LogP contribution in [-0.2, 0) is 0 Å². The van der Waals surface area contributed by atoms with Gasteiger partial charge >= 0.3 is 0 Å². The molecule has 3 nitrogen and oxygen atoms in total. The number of aliphatic imine (C=N–C) groups is 1. The average molecular weight is 181 g/mol. The second-order valence-electron chi connectivity index (χ2n) is 2.49. The Morgan fingerprint density at radius 1 is 1.33 bits per heavy atom. The maximum absolute atomic E-state index is 11.1. The summed E-state index contributed by atoms with van der Waals surface area (Å²) in [6, 6.07) is 4.95. The van der Waals surface area contributed by atoms with Crippen LogP contribution in [0, 0.1) is 0 Å². The number of nitrogens with two attached hydrogens (primary N) is 1. The van der Waals surface area contributed by atoms with Gasteiger partial charge in [-0.05, 0) is 18.2 Å². The summed E-state index contributed by atoms with van der Waals surface area (Å²) in [5.41, 5.74) is 6.63. The molecule has 1 aromatic rings. The second kappa shape index (κ2) is 2.32. The van der Waals surface area contributed by atoms with Crippen molar-refractivity contribution in [3.63, 3.8) is 0 Å². The lowest BCUT2D eigenvalue weighted by atomic mass is 10.1. The highest BCUT2D eigenvalue weighted by molar-refractivity contribution is 6.32. The largest absolute Gasteiger partial charge is 0.383 e. The second-order valence-corrected chi connectivity index (χ2v) is 2.93. The van der Waals surface area contributed by atoms with Crippen molar-refractivity contribution < 1.29 is 4.79 Å². The van der Waals surface area contributed by atoms with E-state index < -0.39 is 0 Å². The molecule has 0 saturated heterocycles. The van der Waals surface area contributed by atoms with E-state index in [0.29, 0.717) is 16.1 Å². The third-order valence-electron chi connectivity index (χ3n) is 1.71. The molecular weight excluding hydrogens is 176 g/mol. The number of carbonyl (C=O) groups excluding carboxylic acids is 1. The van der Waals surface area contributed by atoms with Crippen molar-refractivity contribution in [3.8, 4) is 0 Å². The molecule has 1 heterocycles. The minimum absolute atomic E-state index is 0.270. The Morgan fingerprint density at radius 2 is 2.08 bits per heavy atom. The molecule has 2 rings (SSSR count). The topological polar surface area (TPSA) is 55.4 Å². The average Bonchev–Trinajstić information content (AvgIpc) is 2.28. The Morgan fingerprint density at radius 3 is 2.83 bits per heavy atom. The van der Waals surface area contributed by atoms with Gasteiger partial charge in [0.2, 0.25) is 0 Å². The molecule has 0 unspecified atom stereocenters. The van der Waals surface area contributed by atoms with Gasteiger partial charge in [-0.15, -0.1) is 0 Å². The van der Waals surface area contributed by atoms with Gasteiger partial charge in [-0.1, -0.05) is 11.6 Å². The first-order valence-corrected chi connectivity index (χ1v) is 3.74. The van der Waals surface area contributed by atoms with Crippen molar-refractivity contribution in [2.45, 2.75) is 0 Å². The lowest BCUT2D eigenvalue weighted by molar-refractivity contribution is 0.101. The predicted octanol–water partition coefficient (Wildman–Crippen LogP) is 1.20. The Bertz CT molecular complexity index is 398. The first kappa shape index (κ1) is 7.31. The van der Waals surface area contributed by atoms with E-state index in [1.165, 1.54) is 0 Å². The van der Waals surface area contributed by atoms with Crippen LogP contribution in [0.4, 0.5) is 0 Å². The minimum Gasteiger partial charge on any atom is -0.383 e. The van der Waals surface area contributed by atoms with Gasteiger partial charge in [0.15, 0.2) is 0 Å². The first-order valence-electron chi connectivity index (χ1n) is 3.37. The molecule has 2 N–H and O–H groups in total. The number of rotatable bonds is 0. The molecule has 0 spiro atoms. The molecule has 4 heteroatoms. The third kappa shape index (κ3) is 0.905. The van der Waals surface area contributed by atoms with Crippen LogP contribution < -0.4 is 5.73 Å². The highest BCUT2D eigenvalue weighted by Crippen LogP contribution is 2.20. The molecule has 0 saturated carbocycles. The van der Waals surface area contributed by atoms with Crippen molar-refractivity contribution in [2.75, 3.05) is 0 Å². The molecule has 0 atom stereocenters. The number of benzene rings is 1. The molecule has 12 heavy (non-hydrogen) atoms. The van der Waals surface area contributed by atoms with E-state index in [9.17, 15) is 4.79 Å². The fourth-order valence-electron chi connectivity index (χ4n) is 1.15. The van der Waals surface area contributed by atoms with Crippen molar-refractivity contribution in [2.24, 2.45) is 10.7 Å². The monoisotopic (exact) mass is 180 g/mol. The SMILES string of the molecule is NC1=NC(=O)c2cc(Cl)ccc21. The number of carbonyl (C=O) groups is 1. The molecule has 1 aromatic carbocycles. The standard InChI is InChI=1S/C8H5ClN2O/c9-4-1-2-5-6(3-4)8(12)11-7(5)10/h1-3H,(H2,10,11,12). The minimum atomic E-state index is -0.315. The van der Waals surface area contributed by atoms with E-state index in [4.69, 9.17) is 17.3 Å². The summed E-state index contributed by atoms with van der Waals surface area (Å²) in [6.45, 7) is 0. The number of amidine groups is 1. The number of amides is 1. The van der Waals surface area contributed by atoms with E-state index in [1.54, 1.807) is 18.2 Å². The van der Waals surface area contributed by atoms with Crippen LogP contribution in [0.25, 0.3) is 0 Å². The molecular formula is C8H5ClN2O. The van der Waals surface area contributed by atoms with E-state index in [1.807, 2.05) is 0 Å². The molecule has 1 amide bonds. The van der Waals surface area contributed by atoms with Crippen LogP contribution in [0.5, 0.6) is 0 Å². The van der Waals surface area contributed by atoms with Crippen LogP contribution in [0.15, 0.2) is 23.2 Å². The van der Waals surface area contributed by atoms with Crippen molar-refractivity contribution in [3.05, 3.63) is 34.3 Å². The van der Waals surface area contributed by atoms with E-state index in [-0.39, 0.29) is 11.7 Å². The first-order chi connectivity index (χ1) is 5.68. The summed E-state index contributed by atoms with van der Waals surface area (Å²) in [6.07, 6.45) is 0. The molecule has 0 bridgehead atoms. The summed E-state index contributed by atoms with van der Waals surface area (Å²) >= 11 is 5.69. The van der Waals surface area contributed by atoms with Gasteiger partial charge in [0.25, 0.3) is 5.91 Å². The molecule has 60 valence electrons. The van der Waals surface area contributed by atoms with Gasteiger partial charge in [-0.25, -0.2) is 0 Å². The smallest absolute Gasteiger partial charge is 0.279 e.